The topological polar surface area (TPSA) is 49.7 Å². The molecular formula is C12H20O3. The molecule has 2 bridgehead atoms. The summed E-state index contributed by atoms with van der Waals surface area (Å²) in [6.07, 6.45) is 6.16. The third-order valence-electron chi connectivity index (χ3n) is 3.63. The van der Waals surface area contributed by atoms with Crippen molar-refractivity contribution in [3.05, 3.63) is 12.2 Å². The van der Waals surface area contributed by atoms with Gasteiger partial charge in [0, 0.05) is 5.92 Å². The third kappa shape index (κ3) is 2.41. The quantitative estimate of drug-likeness (QED) is 0.533. The van der Waals surface area contributed by atoms with Crippen LogP contribution in [0.4, 0.5) is 0 Å². The first-order valence-electron chi connectivity index (χ1n) is 5.86. The second kappa shape index (κ2) is 4.64. The summed E-state index contributed by atoms with van der Waals surface area (Å²) in [5.74, 6) is 1.38. The molecule has 2 N–H and O–H groups in total. The van der Waals surface area contributed by atoms with E-state index in [9.17, 15) is 10.2 Å². The third-order valence-corrected chi connectivity index (χ3v) is 3.63. The zero-order chi connectivity index (χ0) is 10.8. The zero-order valence-electron chi connectivity index (χ0n) is 9.17. The van der Waals surface area contributed by atoms with Gasteiger partial charge in [0.2, 0.25) is 0 Å². The van der Waals surface area contributed by atoms with E-state index in [1.165, 1.54) is 6.42 Å². The van der Waals surface area contributed by atoms with Crippen molar-refractivity contribution in [2.75, 3.05) is 6.61 Å². The molecule has 86 valence electrons. The number of hydrogen-bond donors (Lipinski definition) is 2. The molecule has 0 aromatic heterocycles. The van der Waals surface area contributed by atoms with Crippen molar-refractivity contribution in [3.8, 4) is 0 Å². The summed E-state index contributed by atoms with van der Waals surface area (Å²) in [4.78, 5) is 0. The monoisotopic (exact) mass is 212 g/mol. The lowest BCUT2D eigenvalue weighted by Gasteiger charge is -2.24. The van der Waals surface area contributed by atoms with Gasteiger partial charge in [0.05, 0.1) is 12.7 Å². The van der Waals surface area contributed by atoms with E-state index in [-0.39, 0.29) is 12.5 Å². The van der Waals surface area contributed by atoms with Gasteiger partial charge in [-0.1, -0.05) is 19.1 Å². The average molecular weight is 212 g/mol. The predicted molar refractivity (Wildman–Crippen MR) is 57.1 cm³/mol. The van der Waals surface area contributed by atoms with E-state index >= 15 is 0 Å². The summed E-state index contributed by atoms with van der Waals surface area (Å²) in [5.41, 5.74) is 0. The molecule has 0 aromatic carbocycles. The Kier molecular flexibility index (Phi) is 3.44. The Morgan fingerprint density at radius 3 is 2.67 bits per heavy atom. The molecule has 5 unspecified atom stereocenters. The summed E-state index contributed by atoms with van der Waals surface area (Å²) in [6.45, 7) is 2.15. The first kappa shape index (κ1) is 11.1. The van der Waals surface area contributed by atoms with Crippen molar-refractivity contribution in [1.29, 1.82) is 0 Å². The van der Waals surface area contributed by atoms with Crippen LogP contribution in [0.5, 0.6) is 0 Å². The molecule has 0 spiro atoms. The fraction of sp³-hybridized carbons (Fsp3) is 0.833. The largest absolute Gasteiger partial charge is 0.391 e. The van der Waals surface area contributed by atoms with Gasteiger partial charge in [-0.15, -0.1) is 0 Å². The van der Waals surface area contributed by atoms with Gasteiger partial charge < -0.3 is 14.9 Å². The molecule has 3 nitrogen and oxygen atoms in total. The molecule has 1 saturated carbocycles. The normalized spacial score (nSPS) is 37.1. The maximum atomic E-state index is 9.85. The molecule has 15 heavy (non-hydrogen) atoms. The highest BCUT2D eigenvalue weighted by Gasteiger charge is 2.40. The van der Waals surface area contributed by atoms with Gasteiger partial charge in [-0.25, -0.2) is 0 Å². The molecule has 2 rings (SSSR count). The molecule has 0 aliphatic heterocycles. The van der Waals surface area contributed by atoms with Crippen molar-refractivity contribution < 1.29 is 14.9 Å². The second-order valence-electron chi connectivity index (χ2n) is 4.73. The van der Waals surface area contributed by atoms with Crippen LogP contribution in [-0.2, 0) is 4.74 Å². The molecular weight excluding hydrogens is 192 g/mol. The molecule has 0 radical (unpaired) electrons. The van der Waals surface area contributed by atoms with Gasteiger partial charge in [-0.3, -0.25) is 0 Å². The minimum absolute atomic E-state index is 0.240. The molecule has 3 heteroatoms. The van der Waals surface area contributed by atoms with Gasteiger partial charge in [0.15, 0.2) is 6.29 Å². The number of ether oxygens (including phenoxy) is 1. The molecule has 0 heterocycles. The molecule has 5 atom stereocenters. The van der Waals surface area contributed by atoms with E-state index in [0.29, 0.717) is 18.3 Å². The van der Waals surface area contributed by atoms with Crippen molar-refractivity contribution in [2.45, 2.75) is 38.6 Å². The number of allylic oxidation sites excluding steroid dienone is 2. The van der Waals surface area contributed by atoms with Gasteiger partial charge in [0.25, 0.3) is 0 Å². The summed E-state index contributed by atoms with van der Waals surface area (Å²) in [7, 11) is 0. The minimum Gasteiger partial charge on any atom is -0.391 e. The van der Waals surface area contributed by atoms with Gasteiger partial charge in [-0.2, -0.15) is 0 Å². The lowest BCUT2D eigenvalue weighted by molar-refractivity contribution is -0.156. The highest BCUT2D eigenvalue weighted by Crippen LogP contribution is 2.45. The standard InChI is InChI=1S/C12H20O3/c1-2-10(13)7-15-12(14)11-6-8-3-4-9(11)5-8/h3-4,8-14H,2,5-7H2,1H3. The minimum atomic E-state index is -0.703. The first-order chi connectivity index (χ1) is 7.20. The maximum Gasteiger partial charge on any atom is 0.158 e. The fourth-order valence-electron chi connectivity index (χ4n) is 2.60. The molecule has 0 saturated heterocycles. The Morgan fingerprint density at radius 1 is 1.33 bits per heavy atom. The Balaban J connectivity index is 1.77. The van der Waals surface area contributed by atoms with Gasteiger partial charge in [0.1, 0.15) is 0 Å². The smallest absolute Gasteiger partial charge is 0.158 e. The number of aliphatic hydroxyl groups excluding tert-OH is 2. The second-order valence-corrected chi connectivity index (χ2v) is 4.73. The molecule has 0 amide bonds. The van der Waals surface area contributed by atoms with Crippen LogP contribution in [0.1, 0.15) is 26.2 Å². The van der Waals surface area contributed by atoms with Crippen LogP contribution < -0.4 is 0 Å². The number of aliphatic hydroxyl groups is 2. The van der Waals surface area contributed by atoms with Crippen LogP contribution >= 0.6 is 0 Å². The number of fused-ring (bicyclic) bond motifs is 2. The van der Waals surface area contributed by atoms with Crippen LogP contribution in [0, 0.1) is 17.8 Å². The van der Waals surface area contributed by atoms with Crippen molar-refractivity contribution in [1.82, 2.24) is 0 Å². The lowest BCUT2D eigenvalue weighted by atomic mass is 9.93. The molecule has 2 aliphatic carbocycles. The summed E-state index contributed by atoms with van der Waals surface area (Å²) in [6, 6.07) is 0. The van der Waals surface area contributed by atoms with E-state index in [1.807, 2.05) is 6.92 Å². The highest BCUT2D eigenvalue weighted by molar-refractivity contribution is 5.10. The summed E-state index contributed by atoms with van der Waals surface area (Å²) >= 11 is 0. The average Bonchev–Trinajstić information content (AvgIpc) is 2.86. The van der Waals surface area contributed by atoms with Crippen molar-refractivity contribution in [2.24, 2.45) is 17.8 Å². The highest BCUT2D eigenvalue weighted by atomic mass is 16.6. The van der Waals surface area contributed by atoms with Crippen LogP contribution in [-0.4, -0.2) is 29.2 Å². The zero-order valence-corrected chi connectivity index (χ0v) is 9.17. The Hall–Kier alpha value is -0.380. The van der Waals surface area contributed by atoms with Crippen molar-refractivity contribution in [3.63, 3.8) is 0 Å². The predicted octanol–water partition coefficient (Wildman–Crippen LogP) is 1.30. The van der Waals surface area contributed by atoms with E-state index in [2.05, 4.69) is 12.2 Å². The van der Waals surface area contributed by atoms with Crippen LogP contribution in [0.3, 0.4) is 0 Å². The Morgan fingerprint density at radius 2 is 2.13 bits per heavy atom. The van der Waals surface area contributed by atoms with Crippen LogP contribution in [0.25, 0.3) is 0 Å². The van der Waals surface area contributed by atoms with Gasteiger partial charge in [-0.05, 0) is 31.1 Å². The SMILES string of the molecule is CCC(O)COC(O)C1CC2C=CC1C2. The van der Waals surface area contributed by atoms with E-state index < -0.39 is 12.4 Å². The summed E-state index contributed by atoms with van der Waals surface area (Å²) in [5, 5.41) is 19.2. The first-order valence-corrected chi connectivity index (χ1v) is 5.86. The molecule has 0 aromatic rings. The fourth-order valence-corrected chi connectivity index (χ4v) is 2.60. The lowest BCUT2D eigenvalue weighted by Crippen LogP contribution is -2.30. The van der Waals surface area contributed by atoms with Crippen LogP contribution in [0.2, 0.25) is 0 Å². The van der Waals surface area contributed by atoms with E-state index in [0.717, 1.165) is 6.42 Å². The summed E-state index contributed by atoms with van der Waals surface area (Å²) < 4.78 is 5.30. The molecule has 2 aliphatic rings. The molecule has 1 fully saturated rings. The Labute approximate surface area is 90.8 Å². The number of hydrogen-bond acceptors (Lipinski definition) is 3. The maximum absolute atomic E-state index is 9.85. The van der Waals surface area contributed by atoms with Crippen LogP contribution in [0.15, 0.2) is 12.2 Å². The number of rotatable bonds is 5. The van der Waals surface area contributed by atoms with E-state index in [1.54, 1.807) is 0 Å². The van der Waals surface area contributed by atoms with Crippen molar-refractivity contribution >= 4 is 0 Å². The Bertz CT molecular complexity index is 239. The van der Waals surface area contributed by atoms with Gasteiger partial charge >= 0.3 is 0 Å². The van der Waals surface area contributed by atoms with E-state index in [4.69, 9.17) is 4.74 Å².